The van der Waals surface area contributed by atoms with Crippen LogP contribution in [0.4, 0.5) is 0 Å². The Morgan fingerprint density at radius 1 is 1.03 bits per heavy atom. The Morgan fingerprint density at radius 2 is 1.68 bits per heavy atom. The summed E-state index contributed by atoms with van der Waals surface area (Å²) in [6, 6.07) is 15.2. The van der Waals surface area contributed by atoms with E-state index in [9.17, 15) is 9.59 Å². The van der Waals surface area contributed by atoms with Crippen molar-refractivity contribution < 1.29 is 14.3 Å². The third-order valence-corrected chi connectivity index (χ3v) is 5.17. The molecule has 0 bridgehead atoms. The fraction of sp³-hybridized carbons (Fsp3) is 0.360. The lowest BCUT2D eigenvalue weighted by atomic mass is 10.1. The molecule has 2 aromatic carbocycles. The highest BCUT2D eigenvalue weighted by molar-refractivity contribution is 5.95. The van der Waals surface area contributed by atoms with E-state index in [2.05, 4.69) is 42.5 Å². The van der Waals surface area contributed by atoms with Gasteiger partial charge in [-0.25, -0.2) is 0 Å². The molecule has 0 aliphatic rings. The Bertz CT molecular complexity index is 891. The molecule has 2 rings (SSSR count). The molecular formula is C25H33N3O3. The van der Waals surface area contributed by atoms with Crippen molar-refractivity contribution in [3.63, 3.8) is 0 Å². The van der Waals surface area contributed by atoms with Gasteiger partial charge in [0.05, 0.1) is 7.11 Å². The van der Waals surface area contributed by atoms with Gasteiger partial charge in [-0.2, -0.15) is 0 Å². The molecule has 6 heteroatoms. The maximum Gasteiger partial charge on any atom is 0.244 e. The number of benzene rings is 2. The van der Waals surface area contributed by atoms with Gasteiger partial charge in [0, 0.05) is 25.2 Å². The zero-order valence-electron chi connectivity index (χ0n) is 19.0. The van der Waals surface area contributed by atoms with Gasteiger partial charge in [-0.15, -0.1) is 0 Å². The Balaban J connectivity index is 1.87. The number of methoxy groups -OCH3 is 1. The molecule has 0 heterocycles. The summed E-state index contributed by atoms with van der Waals surface area (Å²) in [5, 5.41) is 5.62. The highest BCUT2D eigenvalue weighted by Crippen LogP contribution is 2.13. The van der Waals surface area contributed by atoms with Gasteiger partial charge >= 0.3 is 0 Å². The van der Waals surface area contributed by atoms with Crippen LogP contribution in [-0.2, 0) is 22.7 Å². The molecule has 1 atom stereocenters. The second-order valence-corrected chi connectivity index (χ2v) is 7.83. The minimum Gasteiger partial charge on any atom is -0.497 e. The van der Waals surface area contributed by atoms with E-state index in [0.29, 0.717) is 12.6 Å². The van der Waals surface area contributed by atoms with Crippen LogP contribution in [0.3, 0.4) is 0 Å². The molecule has 6 nitrogen and oxygen atoms in total. The van der Waals surface area contributed by atoms with Crippen LogP contribution in [0.5, 0.6) is 5.75 Å². The molecule has 2 aromatic rings. The fourth-order valence-corrected chi connectivity index (χ4v) is 2.88. The maximum absolute atomic E-state index is 12.5. The average molecular weight is 424 g/mol. The van der Waals surface area contributed by atoms with Crippen molar-refractivity contribution in [1.29, 1.82) is 0 Å². The summed E-state index contributed by atoms with van der Waals surface area (Å²) < 4.78 is 5.11. The van der Waals surface area contributed by atoms with E-state index in [1.54, 1.807) is 20.1 Å². The van der Waals surface area contributed by atoms with Crippen molar-refractivity contribution in [2.45, 2.75) is 45.9 Å². The normalized spacial score (nSPS) is 12.2. The highest BCUT2D eigenvalue weighted by atomic mass is 16.5. The van der Waals surface area contributed by atoms with E-state index in [1.165, 1.54) is 11.6 Å². The smallest absolute Gasteiger partial charge is 0.244 e. The third kappa shape index (κ3) is 7.90. The number of nitrogens with one attached hydrogen (secondary N) is 2. The van der Waals surface area contributed by atoms with E-state index in [4.69, 9.17) is 4.74 Å². The lowest BCUT2D eigenvalue weighted by molar-refractivity contribution is -0.126. The molecular weight excluding hydrogens is 390 g/mol. The summed E-state index contributed by atoms with van der Waals surface area (Å²) in [5.74, 6) is 0.208. The Labute approximate surface area is 185 Å². The molecule has 2 N–H and O–H groups in total. The van der Waals surface area contributed by atoms with E-state index in [-0.39, 0.29) is 11.8 Å². The van der Waals surface area contributed by atoms with Crippen molar-refractivity contribution in [1.82, 2.24) is 15.5 Å². The molecule has 0 radical (unpaired) electrons. The van der Waals surface area contributed by atoms with Crippen LogP contribution < -0.4 is 15.4 Å². The molecule has 0 saturated carbocycles. The number of amides is 2. The van der Waals surface area contributed by atoms with Crippen LogP contribution >= 0.6 is 0 Å². The molecule has 0 aliphatic carbocycles. The first-order valence-corrected chi connectivity index (χ1v) is 10.5. The first kappa shape index (κ1) is 24.2. The molecule has 0 fully saturated rings. The number of hydrogen-bond donors (Lipinski definition) is 2. The van der Waals surface area contributed by atoms with Gasteiger partial charge in [-0.3, -0.25) is 14.5 Å². The standard InChI is InChI=1S/C25H33N3O3/c1-18(2)28(4)17-22-9-7-6-8-21(22)16-26-25(30)19(3)27-24(29)15-12-20-10-13-23(31-5)14-11-20/h6-15,18-19H,16-17H2,1-5H3,(H,26,30)(H,27,29)/b15-12+. The van der Waals surface area contributed by atoms with Gasteiger partial charge < -0.3 is 15.4 Å². The molecule has 2 amide bonds. The summed E-state index contributed by atoms with van der Waals surface area (Å²) in [5.41, 5.74) is 3.12. The minimum atomic E-state index is -0.640. The van der Waals surface area contributed by atoms with Crippen LogP contribution in [0.15, 0.2) is 54.6 Å². The van der Waals surface area contributed by atoms with Crippen LogP contribution in [0, 0.1) is 0 Å². The lowest BCUT2D eigenvalue weighted by Gasteiger charge is -2.23. The van der Waals surface area contributed by atoms with Crippen molar-refractivity contribution in [2.24, 2.45) is 0 Å². The molecule has 0 aliphatic heterocycles. The van der Waals surface area contributed by atoms with Gasteiger partial charge in [-0.05, 0) is 62.7 Å². The number of carbonyl (C=O) groups is 2. The fourth-order valence-electron chi connectivity index (χ4n) is 2.88. The number of nitrogens with zero attached hydrogens (tertiary/aromatic N) is 1. The van der Waals surface area contributed by atoms with E-state index < -0.39 is 6.04 Å². The highest BCUT2D eigenvalue weighted by Gasteiger charge is 2.15. The predicted octanol–water partition coefficient (Wildman–Crippen LogP) is 3.37. The molecule has 0 saturated heterocycles. The van der Waals surface area contributed by atoms with E-state index in [0.717, 1.165) is 23.4 Å². The van der Waals surface area contributed by atoms with Crippen LogP contribution in [0.2, 0.25) is 0 Å². The molecule has 1 unspecified atom stereocenters. The zero-order chi connectivity index (χ0) is 22.8. The van der Waals surface area contributed by atoms with Gasteiger partial charge in [0.2, 0.25) is 11.8 Å². The Hall–Kier alpha value is -3.12. The largest absolute Gasteiger partial charge is 0.497 e. The van der Waals surface area contributed by atoms with Crippen LogP contribution in [-0.4, -0.2) is 43.0 Å². The van der Waals surface area contributed by atoms with Crippen molar-refractivity contribution in [3.05, 3.63) is 71.3 Å². The second kappa shape index (κ2) is 11.9. The van der Waals surface area contributed by atoms with Gasteiger partial charge in [0.1, 0.15) is 11.8 Å². The molecule has 166 valence electrons. The topological polar surface area (TPSA) is 70.7 Å². The minimum absolute atomic E-state index is 0.224. The number of carbonyl (C=O) groups excluding carboxylic acids is 2. The Kier molecular flexibility index (Phi) is 9.28. The molecule has 31 heavy (non-hydrogen) atoms. The average Bonchev–Trinajstić information content (AvgIpc) is 2.77. The van der Waals surface area contributed by atoms with Gasteiger partial charge in [-0.1, -0.05) is 36.4 Å². The predicted molar refractivity (Wildman–Crippen MR) is 125 cm³/mol. The summed E-state index contributed by atoms with van der Waals surface area (Å²) in [6.07, 6.45) is 3.11. The summed E-state index contributed by atoms with van der Waals surface area (Å²) in [4.78, 5) is 26.9. The van der Waals surface area contributed by atoms with Crippen molar-refractivity contribution in [2.75, 3.05) is 14.2 Å². The van der Waals surface area contributed by atoms with Crippen molar-refractivity contribution >= 4 is 17.9 Å². The van der Waals surface area contributed by atoms with Crippen LogP contribution in [0.25, 0.3) is 6.08 Å². The Morgan fingerprint density at radius 3 is 2.29 bits per heavy atom. The van der Waals surface area contributed by atoms with Crippen molar-refractivity contribution in [3.8, 4) is 5.75 Å². The lowest BCUT2D eigenvalue weighted by Crippen LogP contribution is -2.44. The van der Waals surface area contributed by atoms with Crippen LogP contribution in [0.1, 0.15) is 37.5 Å². The summed E-state index contributed by atoms with van der Waals surface area (Å²) in [6.45, 7) is 7.21. The first-order valence-electron chi connectivity index (χ1n) is 10.5. The number of ether oxygens (including phenoxy) is 1. The molecule has 0 aromatic heterocycles. The zero-order valence-corrected chi connectivity index (χ0v) is 19.0. The quantitative estimate of drug-likeness (QED) is 0.575. The maximum atomic E-state index is 12.5. The third-order valence-electron chi connectivity index (χ3n) is 5.17. The number of rotatable bonds is 10. The second-order valence-electron chi connectivity index (χ2n) is 7.83. The van der Waals surface area contributed by atoms with E-state index in [1.807, 2.05) is 42.5 Å². The first-order chi connectivity index (χ1) is 14.8. The monoisotopic (exact) mass is 423 g/mol. The SMILES string of the molecule is COc1ccc(/C=C/C(=O)NC(C)C(=O)NCc2ccccc2CN(C)C(C)C)cc1. The summed E-state index contributed by atoms with van der Waals surface area (Å²) in [7, 11) is 3.69. The van der Waals surface area contributed by atoms with Gasteiger partial charge in [0.25, 0.3) is 0 Å². The van der Waals surface area contributed by atoms with Gasteiger partial charge in [0.15, 0.2) is 0 Å². The molecule has 0 spiro atoms. The number of hydrogen-bond acceptors (Lipinski definition) is 4. The van der Waals surface area contributed by atoms with E-state index >= 15 is 0 Å². The summed E-state index contributed by atoms with van der Waals surface area (Å²) >= 11 is 0.